The van der Waals surface area contributed by atoms with Crippen LogP contribution >= 0.6 is 0 Å². The molecule has 0 spiro atoms. The summed E-state index contributed by atoms with van der Waals surface area (Å²) in [5, 5.41) is 14.8. The number of aromatic nitrogens is 2. The molecule has 22 heavy (non-hydrogen) atoms. The molecule has 0 unspecified atom stereocenters. The van der Waals surface area contributed by atoms with Crippen LogP contribution in [0.4, 0.5) is 5.69 Å². The monoisotopic (exact) mass is 301 g/mol. The lowest BCUT2D eigenvalue weighted by atomic mass is 10.3. The number of likely N-dealkylation sites (tertiary alicyclic amines) is 1. The van der Waals surface area contributed by atoms with Crippen molar-refractivity contribution < 1.29 is 9.72 Å². The fraction of sp³-hybridized carbons (Fsp3) is 0.286. The summed E-state index contributed by atoms with van der Waals surface area (Å²) in [6.07, 6.45) is 3.92. The molecule has 0 bridgehead atoms. The van der Waals surface area contributed by atoms with Gasteiger partial charge in [0.1, 0.15) is 0 Å². The maximum atomic E-state index is 12.3. The standard InChI is InChI=1S/C14H15N5O3/c15-11-5-6-17(9-11)14(20)10-7-16-18(8-10)12-1-3-13(4-2-12)19(21)22/h1-4,7-8,11H,5-6,9,15H2/t11-/m1/s1. The van der Waals surface area contributed by atoms with Gasteiger partial charge in [-0.1, -0.05) is 0 Å². The Morgan fingerprint density at radius 3 is 2.68 bits per heavy atom. The minimum Gasteiger partial charge on any atom is -0.337 e. The molecule has 0 saturated carbocycles. The smallest absolute Gasteiger partial charge is 0.269 e. The van der Waals surface area contributed by atoms with E-state index in [0.717, 1.165) is 6.42 Å². The third-order valence-corrected chi connectivity index (χ3v) is 3.67. The fourth-order valence-electron chi connectivity index (χ4n) is 2.46. The normalized spacial score (nSPS) is 17.7. The molecule has 1 atom stereocenters. The number of nitro groups is 1. The van der Waals surface area contributed by atoms with Crippen LogP contribution in [0.2, 0.25) is 0 Å². The summed E-state index contributed by atoms with van der Waals surface area (Å²) in [4.78, 5) is 24.2. The molecule has 1 aliphatic rings. The number of nitrogens with two attached hydrogens (primary N) is 1. The number of carbonyl (C=O) groups is 1. The number of rotatable bonds is 3. The van der Waals surface area contributed by atoms with Crippen LogP contribution < -0.4 is 5.73 Å². The van der Waals surface area contributed by atoms with Crippen LogP contribution in [-0.4, -0.2) is 44.6 Å². The molecule has 2 N–H and O–H groups in total. The third kappa shape index (κ3) is 2.68. The molecule has 1 aromatic carbocycles. The highest BCUT2D eigenvalue weighted by molar-refractivity contribution is 5.94. The lowest BCUT2D eigenvalue weighted by molar-refractivity contribution is -0.384. The van der Waals surface area contributed by atoms with E-state index < -0.39 is 4.92 Å². The van der Waals surface area contributed by atoms with E-state index in [2.05, 4.69) is 5.10 Å². The van der Waals surface area contributed by atoms with E-state index in [-0.39, 0.29) is 17.6 Å². The molecule has 1 aromatic heterocycles. The van der Waals surface area contributed by atoms with Gasteiger partial charge in [-0.05, 0) is 18.6 Å². The van der Waals surface area contributed by atoms with Crippen molar-refractivity contribution in [2.45, 2.75) is 12.5 Å². The highest BCUT2D eigenvalue weighted by Gasteiger charge is 2.25. The molecule has 1 amide bonds. The second kappa shape index (κ2) is 5.57. The van der Waals surface area contributed by atoms with Gasteiger partial charge in [-0.15, -0.1) is 0 Å². The second-order valence-corrected chi connectivity index (χ2v) is 5.25. The molecule has 1 aliphatic heterocycles. The first-order valence-corrected chi connectivity index (χ1v) is 6.89. The zero-order valence-electron chi connectivity index (χ0n) is 11.8. The van der Waals surface area contributed by atoms with Gasteiger partial charge in [-0.25, -0.2) is 4.68 Å². The number of nitrogens with zero attached hydrogens (tertiary/aromatic N) is 4. The Morgan fingerprint density at radius 1 is 1.36 bits per heavy atom. The lowest BCUT2D eigenvalue weighted by Crippen LogP contribution is -2.31. The summed E-state index contributed by atoms with van der Waals surface area (Å²) in [5.41, 5.74) is 6.95. The van der Waals surface area contributed by atoms with Gasteiger partial charge in [0.15, 0.2) is 0 Å². The first-order chi connectivity index (χ1) is 10.5. The molecule has 1 saturated heterocycles. The Balaban J connectivity index is 1.78. The average molecular weight is 301 g/mol. The number of carbonyl (C=O) groups excluding carboxylic acids is 1. The SMILES string of the molecule is N[C@@H]1CCN(C(=O)c2cnn(-c3ccc([N+](=O)[O-])cc3)c2)C1. The van der Waals surface area contributed by atoms with Gasteiger partial charge >= 0.3 is 0 Å². The molecule has 8 nitrogen and oxygen atoms in total. The van der Waals surface area contributed by atoms with E-state index >= 15 is 0 Å². The van der Waals surface area contributed by atoms with Gasteiger partial charge in [0, 0.05) is 37.5 Å². The van der Waals surface area contributed by atoms with Crippen molar-refractivity contribution >= 4 is 11.6 Å². The summed E-state index contributed by atoms with van der Waals surface area (Å²) in [6.45, 7) is 1.21. The van der Waals surface area contributed by atoms with E-state index in [9.17, 15) is 14.9 Å². The predicted octanol–water partition coefficient (Wildman–Crippen LogP) is 0.954. The van der Waals surface area contributed by atoms with Crippen LogP contribution in [0.5, 0.6) is 0 Å². The first kappa shape index (κ1) is 14.2. The van der Waals surface area contributed by atoms with Gasteiger partial charge < -0.3 is 10.6 Å². The molecular formula is C14H15N5O3. The van der Waals surface area contributed by atoms with Crippen molar-refractivity contribution in [3.8, 4) is 5.69 Å². The van der Waals surface area contributed by atoms with Crippen molar-refractivity contribution in [3.05, 3.63) is 52.3 Å². The first-order valence-electron chi connectivity index (χ1n) is 6.89. The lowest BCUT2D eigenvalue weighted by Gasteiger charge is -2.14. The minimum atomic E-state index is -0.460. The van der Waals surface area contributed by atoms with Gasteiger partial charge in [0.05, 0.1) is 22.4 Å². The van der Waals surface area contributed by atoms with E-state index in [4.69, 9.17) is 5.73 Å². The van der Waals surface area contributed by atoms with Crippen LogP contribution in [0.25, 0.3) is 5.69 Å². The number of hydrogen-bond acceptors (Lipinski definition) is 5. The van der Waals surface area contributed by atoms with Crippen molar-refractivity contribution in [1.29, 1.82) is 0 Å². The molecule has 1 fully saturated rings. The number of hydrogen-bond donors (Lipinski definition) is 1. The Bertz CT molecular complexity index is 710. The molecule has 2 aromatic rings. The maximum absolute atomic E-state index is 12.3. The molecule has 0 aliphatic carbocycles. The molecule has 0 radical (unpaired) electrons. The van der Waals surface area contributed by atoms with E-state index in [0.29, 0.717) is 24.3 Å². The summed E-state index contributed by atoms with van der Waals surface area (Å²) in [6, 6.07) is 6.01. The van der Waals surface area contributed by atoms with Crippen LogP contribution in [0.1, 0.15) is 16.8 Å². The maximum Gasteiger partial charge on any atom is 0.269 e. The zero-order chi connectivity index (χ0) is 15.7. The van der Waals surface area contributed by atoms with E-state index in [1.165, 1.54) is 23.0 Å². The van der Waals surface area contributed by atoms with Gasteiger partial charge in [0.2, 0.25) is 0 Å². The number of amides is 1. The summed E-state index contributed by atoms with van der Waals surface area (Å²) < 4.78 is 1.52. The molecule has 8 heteroatoms. The van der Waals surface area contributed by atoms with Crippen LogP contribution in [0.15, 0.2) is 36.7 Å². The quantitative estimate of drug-likeness (QED) is 0.671. The average Bonchev–Trinajstić information content (AvgIpc) is 3.15. The topological polar surface area (TPSA) is 107 Å². The Labute approximate surface area is 126 Å². The number of nitro benzene ring substituents is 1. The molecule has 2 heterocycles. The molecule has 3 rings (SSSR count). The predicted molar refractivity (Wildman–Crippen MR) is 78.7 cm³/mol. The van der Waals surface area contributed by atoms with E-state index in [1.807, 2.05) is 0 Å². The highest BCUT2D eigenvalue weighted by Crippen LogP contribution is 2.17. The largest absolute Gasteiger partial charge is 0.337 e. The van der Waals surface area contributed by atoms with Crippen molar-refractivity contribution in [2.75, 3.05) is 13.1 Å². The van der Waals surface area contributed by atoms with Crippen molar-refractivity contribution in [1.82, 2.24) is 14.7 Å². The second-order valence-electron chi connectivity index (χ2n) is 5.25. The zero-order valence-corrected chi connectivity index (χ0v) is 11.8. The third-order valence-electron chi connectivity index (χ3n) is 3.67. The Kier molecular flexibility index (Phi) is 3.60. The minimum absolute atomic E-state index is 0.0123. The van der Waals surface area contributed by atoms with E-state index in [1.54, 1.807) is 23.2 Å². The van der Waals surface area contributed by atoms with Crippen molar-refractivity contribution in [3.63, 3.8) is 0 Å². The molecule has 114 valence electrons. The van der Waals surface area contributed by atoms with Gasteiger partial charge in [-0.2, -0.15) is 5.10 Å². The Hall–Kier alpha value is -2.74. The van der Waals surface area contributed by atoms with Crippen LogP contribution in [-0.2, 0) is 0 Å². The number of non-ortho nitro benzene ring substituents is 1. The summed E-state index contributed by atoms with van der Waals surface area (Å²) in [7, 11) is 0. The molecular weight excluding hydrogens is 286 g/mol. The number of benzene rings is 1. The Morgan fingerprint density at radius 2 is 2.09 bits per heavy atom. The van der Waals surface area contributed by atoms with Crippen LogP contribution in [0.3, 0.4) is 0 Å². The van der Waals surface area contributed by atoms with Gasteiger partial charge in [0.25, 0.3) is 11.6 Å². The fourth-order valence-corrected chi connectivity index (χ4v) is 2.46. The van der Waals surface area contributed by atoms with Crippen LogP contribution in [0, 0.1) is 10.1 Å². The van der Waals surface area contributed by atoms with Crippen molar-refractivity contribution in [2.24, 2.45) is 5.73 Å². The highest BCUT2D eigenvalue weighted by atomic mass is 16.6. The summed E-state index contributed by atoms with van der Waals surface area (Å²) >= 11 is 0. The van der Waals surface area contributed by atoms with Gasteiger partial charge in [-0.3, -0.25) is 14.9 Å². The summed E-state index contributed by atoms with van der Waals surface area (Å²) in [5.74, 6) is -0.0962.